The molecule has 0 saturated carbocycles. The quantitative estimate of drug-likeness (QED) is 0.823. The number of nitrogen functional groups attached to an aromatic ring is 1. The number of benzene rings is 1. The zero-order valence-corrected chi connectivity index (χ0v) is 10.8. The van der Waals surface area contributed by atoms with Gasteiger partial charge in [0.15, 0.2) is 0 Å². The maximum absolute atomic E-state index is 5.97. The Bertz CT molecular complexity index is 485. The van der Waals surface area contributed by atoms with E-state index in [-0.39, 0.29) is 0 Å². The van der Waals surface area contributed by atoms with Crippen LogP contribution >= 0.6 is 22.6 Å². The molecule has 0 aliphatic rings. The van der Waals surface area contributed by atoms with Gasteiger partial charge >= 0.3 is 0 Å². The highest BCUT2D eigenvalue weighted by atomic mass is 127. The molecule has 0 saturated heterocycles. The predicted molar refractivity (Wildman–Crippen MR) is 70.2 cm³/mol. The van der Waals surface area contributed by atoms with Gasteiger partial charge in [0.25, 0.3) is 0 Å². The molecule has 0 amide bonds. The molecule has 1 aromatic heterocycles. The van der Waals surface area contributed by atoms with Crippen LogP contribution in [0.15, 0.2) is 24.3 Å². The van der Waals surface area contributed by atoms with Crippen molar-refractivity contribution in [2.45, 2.75) is 13.8 Å². The Morgan fingerprint density at radius 2 is 1.80 bits per heavy atom. The number of halogens is 1. The fourth-order valence-corrected chi connectivity index (χ4v) is 1.75. The molecular weight excluding hydrogens is 301 g/mol. The molecule has 1 heterocycles. The van der Waals surface area contributed by atoms with Crippen LogP contribution < -0.4 is 5.73 Å². The number of anilines is 1. The topological polar surface area (TPSA) is 43.8 Å². The molecule has 0 bridgehead atoms. The van der Waals surface area contributed by atoms with Crippen LogP contribution in [0.25, 0.3) is 5.69 Å². The molecule has 2 rings (SSSR count). The molecular formula is C11H12IN3. The third kappa shape index (κ3) is 1.86. The number of hydrogen-bond donors (Lipinski definition) is 1. The maximum atomic E-state index is 5.97. The number of aryl methyl sites for hydroxylation is 2. The highest BCUT2D eigenvalue weighted by molar-refractivity contribution is 14.1. The van der Waals surface area contributed by atoms with Crippen molar-refractivity contribution in [3.05, 3.63) is 39.1 Å². The van der Waals surface area contributed by atoms with E-state index in [0.717, 1.165) is 15.0 Å². The molecule has 15 heavy (non-hydrogen) atoms. The number of nitrogens with two attached hydrogens (primary N) is 1. The zero-order chi connectivity index (χ0) is 11.0. The van der Waals surface area contributed by atoms with Crippen LogP contribution in [-0.2, 0) is 0 Å². The van der Waals surface area contributed by atoms with Gasteiger partial charge in [-0.25, -0.2) is 4.68 Å². The average molecular weight is 313 g/mol. The lowest BCUT2D eigenvalue weighted by Crippen LogP contribution is -2.02. The monoisotopic (exact) mass is 313 g/mol. The van der Waals surface area contributed by atoms with Crippen molar-refractivity contribution in [3.63, 3.8) is 0 Å². The lowest BCUT2D eigenvalue weighted by molar-refractivity contribution is 0.871. The van der Waals surface area contributed by atoms with E-state index in [1.54, 1.807) is 4.68 Å². The summed E-state index contributed by atoms with van der Waals surface area (Å²) in [6.07, 6.45) is 0. The Morgan fingerprint density at radius 1 is 1.20 bits per heavy atom. The van der Waals surface area contributed by atoms with E-state index in [2.05, 4.69) is 46.7 Å². The second-order valence-electron chi connectivity index (χ2n) is 3.53. The van der Waals surface area contributed by atoms with Gasteiger partial charge in [0, 0.05) is 0 Å². The first kappa shape index (κ1) is 10.5. The number of aromatic nitrogens is 2. The Balaban J connectivity index is 2.54. The lowest BCUT2D eigenvalue weighted by Gasteiger charge is -2.03. The summed E-state index contributed by atoms with van der Waals surface area (Å²) in [7, 11) is 0. The summed E-state index contributed by atoms with van der Waals surface area (Å²) < 4.78 is 2.80. The summed E-state index contributed by atoms with van der Waals surface area (Å²) in [6, 6.07) is 8.15. The summed E-state index contributed by atoms with van der Waals surface area (Å²) in [6.45, 7) is 4.02. The summed E-state index contributed by atoms with van der Waals surface area (Å²) in [5, 5.41) is 4.39. The second kappa shape index (κ2) is 3.84. The van der Waals surface area contributed by atoms with Crippen molar-refractivity contribution in [1.29, 1.82) is 0 Å². The number of nitrogens with zero attached hydrogens (tertiary/aromatic N) is 2. The van der Waals surface area contributed by atoms with Gasteiger partial charge in [-0.15, -0.1) is 0 Å². The standard InChI is InChI=1S/C11H12IN3/c1-7-3-5-9(6-4-7)15-11(13)10(12)8(2)14-15/h3-6H,13H2,1-2H3. The molecule has 0 radical (unpaired) electrons. The van der Waals surface area contributed by atoms with Crippen LogP contribution in [0.2, 0.25) is 0 Å². The molecule has 0 aliphatic carbocycles. The van der Waals surface area contributed by atoms with E-state index in [1.165, 1.54) is 5.56 Å². The molecule has 0 spiro atoms. The van der Waals surface area contributed by atoms with Crippen LogP contribution in [0.4, 0.5) is 5.82 Å². The van der Waals surface area contributed by atoms with Crippen molar-refractivity contribution >= 4 is 28.4 Å². The van der Waals surface area contributed by atoms with Gasteiger partial charge < -0.3 is 5.73 Å². The molecule has 3 nitrogen and oxygen atoms in total. The zero-order valence-electron chi connectivity index (χ0n) is 8.66. The van der Waals surface area contributed by atoms with Crippen LogP contribution in [-0.4, -0.2) is 9.78 Å². The van der Waals surface area contributed by atoms with E-state index < -0.39 is 0 Å². The van der Waals surface area contributed by atoms with Gasteiger partial charge in [0.1, 0.15) is 5.82 Å². The van der Waals surface area contributed by atoms with Crippen LogP contribution in [0.5, 0.6) is 0 Å². The molecule has 2 N–H and O–H groups in total. The van der Waals surface area contributed by atoms with Gasteiger partial charge in [-0.2, -0.15) is 5.10 Å². The number of hydrogen-bond acceptors (Lipinski definition) is 2. The van der Waals surface area contributed by atoms with Crippen molar-refractivity contribution < 1.29 is 0 Å². The summed E-state index contributed by atoms with van der Waals surface area (Å²) in [4.78, 5) is 0. The van der Waals surface area contributed by atoms with Crippen LogP contribution in [0.3, 0.4) is 0 Å². The fourth-order valence-electron chi connectivity index (χ4n) is 1.41. The van der Waals surface area contributed by atoms with Gasteiger partial charge in [-0.3, -0.25) is 0 Å². The summed E-state index contributed by atoms with van der Waals surface area (Å²) >= 11 is 2.21. The van der Waals surface area contributed by atoms with Crippen molar-refractivity contribution in [1.82, 2.24) is 9.78 Å². The molecule has 78 valence electrons. The highest BCUT2D eigenvalue weighted by Gasteiger charge is 2.10. The molecule has 0 fully saturated rings. The molecule has 0 unspecified atom stereocenters. The first-order valence-electron chi connectivity index (χ1n) is 4.67. The first-order valence-corrected chi connectivity index (χ1v) is 5.75. The smallest absolute Gasteiger partial charge is 0.140 e. The van der Waals surface area contributed by atoms with Crippen molar-refractivity contribution in [2.24, 2.45) is 0 Å². The molecule has 1 aromatic carbocycles. The Kier molecular flexibility index (Phi) is 2.68. The normalized spacial score (nSPS) is 10.6. The van der Waals surface area contributed by atoms with Gasteiger partial charge in [0.05, 0.1) is 15.0 Å². The average Bonchev–Trinajstić information content (AvgIpc) is 2.47. The third-order valence-corrected chi connectivity index (χ3v) is 3.63. The molecule has 4 heteroatoms. The van der Waals surface area contributed by atoms with Gasteiger partial charge in [-0.05, 0) is 48.6 Å². The van der Waals surface area contributed by atoms with E-state index in [9.17, 15) is 0 Å². The largest absolute Gasteiger partial charge is 0.383 e. The second-order valence-corrected chi connectivity index (χ2v) is 4.61. The van der Waals surface area contributed by atoms with Gasteiger partial charge in [-0.1, -0.05) is 17.7 Å². The minimum atomic E-state index is 0.706. The molecule has 0 atom stereocenters. The predicted octanol–water partition coefficient (Wildman–Crippen LogP) is 2.68. The fraction of sp³-hybridized carbons (Fsp3) is 0.182. The van der Waals surface area contributed by atoms with E-state index >= 15 is 0 Å². The lowest BCUT2D eigenvalue weighted by atomic mass is 10.2. The van der Waals surface area contributed by atoms with E-state index in [1.807, 2.05) is 19.1 Å². The van der Waals surface area contributed by atoms with Gasteiger partial charge in [0.2, 0.25) is 0 Å². The van der Waals surface area contributed by atoms with Crippen LogP contribution in [0, 0.1) is 17.4 Å². The molecule has 2 aromatic rings. The van der Waals surface area contributed by atoms with Crippen molar-refractivity contribution in [3.8, 4) is 5.69 Å². The Morgan fingerprint density at radius 3 is 2.27 bits per heavy atom. The van der Waals surface area contributed by atoms with Crippen molar-refractivity contribution in [2.75, 3.05) is 5.73 Å². The summed E-state index contributed by atoms with van der Waals surface area (Å²) in [5.41, 5.74) is 9.17. The maximum Gasteiger partial charge on any atom is 0.140 e. The Hall–Kier alpha value is -1.04. The molecule has 0 aliphatic heterocycles. The van der Waals surface area contributed by atoms with Crippen LogP contribution in [0.1, 0.15) is 11.3 Å². The van der Waals surface area contributed by atoms with E-state index in [4.69, 9.17) is 5.73 Å². The first-order chi connectivity index (χ1) is 7.09. The van der Waals surface area contributed by atoms with E-state index in [0.29, 0.717) is 5.82 Å². The minimum Gasteiger partial charge on any atom is -0.383 e. The summed E-state index contributed by atoms with van der Waals surface area (Å²) in [5.74, 6) is 0.706. The number of rotatable bonds is 1. The SMILES string of the molecule is Cc1ccc(-n2nc(C)c(I)c2N)cc1. The minimum absolute atomic E-state index is 0.706. The third-order valence-electron chi connectivity index (χ3n) is 2.30. The Labute approximate surface area is 102 Å². The highest BCUT2D eigenvalue weighted by Crippen LogP contribution is 2.22.